The maximum Gasteiger partial charge on any atom is 0.335 e. The molecule has 0 radical (unpaired) electrons. The Morgan fingerprint density at radius 3 is 2.50 bits per heavy atom. The summed E-state index contributed by atoms with van der Waals surface area (Å²) in [6.45, 7) is 0. The van der Waals surface area contributed by atoms with E-state index in [-0.39, 0.29) is 5.56 Å². The van der Waals surface area contributed by atoms with Crippen LogP contribution >= 0.6 is 0 Å². The molecule has 1 fully saturated rings. The average Bonchev–Trinajstić information content (AvgIpc) is 2.76. The van der Waals surface area contributed by atoms with Gasteiger partial charge in [0, 0.05) is 11.5 Å². The summed E-state index contributed by atoms with van der Waals surface area (Å²) in [6, 6.07) is 6.43. The molecule has 1 saturated carbocycles. The van der Waals surface area contributed by atoms with E-state index in [2.05, 4.69) is 10.2 Å². The highest BCUT2D eigenvalue weighted by molar-refractivity contribution is 5.88. The van der Waals surface area contributed by atoms with Gasteiger partial charge in [0.15, 0.2) is 0 Å². The van der Waals surface area contributed by atoms with E-state index in [4.69, 9.17) is 9.52 Å². The summed E-state index contributed by atoms with van der Waals surface area (Å²) in [5, 5.41) is 16.9. The van der Waals surface area contributed by atoms with Crippen LogP contribution in [0.4, 0.5) is 0 Å². The van der Waals surface area contributed by atoms with Gasteiger partial charge in [0.1, 0.15) is 0 Å². The van der Waals surface area contributed by atoms with Crippen LogP contribution in [0.2, 0.25) is 0 Å². The minimum atomic E-state index is -0.942. The predicted octanol–water partition coefficient (Wildman–Crippen LogP) is 2.70. The zero-order valence-corrected chi connectivity index (χ0v) is 9.67. The summed E-state index contributed by atoms with van der Waals surface area (Å²) < 4.78 is 5.60. The van der Waals surface area contributed by atoms with Crippen molar-refractivity contribution in [3.05, 3.63) is 35.7 Å². The van der Waals surface area contributed by atoms with Crippen molar-refractivity contribution >= 4 is 5.97 Å². The summed E-state index contributed by atoms with van der Waals surface area (Å²) in [6.07, 6.45) is 3.44. The van der Waals surface area contributed by atoms with E-state index in [1.807, 2.05) is 0 Å². The number of carboxylic acid groups (broad SMARTS) is 1. The Balaban J connectivity index is 1.85. The second-order valence-corrected chi connectivity index (χ2v) is 4.46. The summed E-state index contributed by atoms with van der Waals surface area (Å²) >= 11 is 0. The van der Waals surface area contributed by atoms with E-state index in [9.17, 15) is 4.79 Å². The molecule has 0 spiro atoms. The average molecular weight is 244 g/mol. The zero-order valence-electron chi connectivity index (χ0n) is 9.67. The number of aromatic carboxylic acids is 1. The van der Waals surface area contributed by atoms with Gasteiger partial charge in [-0.3, -0.25) is 0 Å². The summed E-state index contributed by atoms with van der Waals surface area (Å²) in [5.41, 5.74) is 0.996. The minimum absolute atomic E-state index is 0.248. The molecule has 5 heteroatoms. The predicted molar refractivity (Wildman–Crippen MR) is 63.3 cm³/mol. The van der Waals surface area contributed by atoms with Crippen molar-refractivity contribution < 1.29 is 14.3 Å². The van der Waals surface area contributed by atoms with E-state index < -0.39 is 5.97 Å². The number of carbonyl (C=O) groups is 1. The molecule has 0 saturated heterocycles. The van der Waals surface area contributed by atoms with E-state index in [1.54, 1.807) is 12.1 Å². The number of benzene rings is 1. The van der Waals surface area contributed by atoms with Gasteiger partial charge in [0.05, 0.1) is 5.56 Å². The SMILES string of the molecule is O=C(O)c1ccc(-c2nnc(C3CCC3)o2)cc1. The minimum Gasteiger partial charge on any atom is -0.478 e. The maximum atomic E-state index is 10.7. The summed E-state index contributed by atoms with van der Waals surface area (Å²) in [5.74, 6) is 0.610. The number of aromatic nitrogens is 2. The molecule has 0 atom stereocenters. The van der Waals surface area contributed by atoms with Gasteiger partial charge in [-0.2, -0.15) is 0 Å². The number of hydrogen-bond donors (Lipinski definition) is 1. The van der Waals surface area contributed by atoms with Gasteiger partial charge < -0.3 is 9.52 Å². The van der Waals surface area contributed by atoms with Crippen LogP contribution in [0.15, 0.2) is 28.7 Å². The fourth-order valence-electron chi connectivity index (χ4n) is 1.93. The molecule has 1 N–H and O–H groups in total. The highest BCUT2D eigenvalue weighted by atomic mass is 16.4. The monoisotopic (exact) mass is 244 g/mol. The first-order valence-electron chi connectivity index (χ1n) is 5.91. The van der Waals surface area contributed by atoms with Crippen LogP contribution < -0.4 is 0 Å². The van der Waals surface area contributed by atoms with Crippen molar-refractivity contribution in [3.8, 4) is 11.5 Å². The molecule has 18 heavy (non-hydrogen) atoms. The van der Waals surface area contributed by atoms with Crippen LogP contribution in [-0.2, 0) is 0 Å². The second kappa shape index (κ2) is 4.25. The van der Waals surface area contributed by atoms with Gasteiger partial charge in [0.25, 0.3) is 0 Å². The molecule has 2 aromatic rings. The molecule has 5 nitrogen and oxygen atoms in total. The third kappa shape index (κ3) is 1.88. The van der Waals surface area contributed by atoms with Crippen molar-refractivity contribution in [3.63, 3.8) is 0 Å². The highest BCUT2D eigenvalue weighted by Gasteiger charge is 2.25. The number of rotatable bonds is 3. The van der Waals surface area contributed by atoms with Crippen molar-refractivity contribution in [2.75, 3.05) is 0 Å². The lowest BCUT2D eigenvalue weighted by Gasteiger charge is -2.20. The van der Waals surface area contributed by atoms with E-state index in [0.717, 1.165) is 18.4 Å². The number of nitrogens with zero attached hydrogens (tertiary/aromatic N) is 2. The number of hydrogen-bond acceptors (Lipinski definition) is 4. The van der Waals surface area contributed by atoms with Crippen LogP contribution in [0, 0.1) is 0 Å². The van der Waals surface area contributed by atoms with Crippen LogP contribution in [0.1, 0.15) is 41.4 Å². The van der Waals surface area contributed by atoms with Crippen LogP contribution in [0.5, 0.6) is 0 Å². The zero-order chi connectivity index (χ0) is 12.5. The van der Waals surface area contributed by atoms with E-state index in [1.165, 1.54) is 18.6 Å². The Kier molecular flexibility index (Phi) is 2.59. The van der Waals surface area contributed by atoms with E-state index in [0.29, 0.717) is 17.7 Å². The molecule has 0 aliphatic heterocycles. The molecule has 1 heterocycles. The third-order valence-electron chi connectivity index (χ3n) is 3.27. The van der Waals surface area contributed by atoms with Crippen LogP contribution in [0.3, 0.4) is 0 Å². The van der Waals surface area contributed by atoms with Crippen molar-refractivity contribution in [1.29, 1.82) is 0 Å². The van der Waals surface area contributed by atoms with Gasteiger partial charge >= 0.3 is 5.97 Å². The molecule has 92 valence electrons. The number of carboxylic acids is 1. The van der Waals surface area contributed by atoms with Gasteiger partial charge in [-0.25, -0.2) is 4.79 Å². The largest absolute Gasteiger partial charge is 0.478 e. The Hall–Kier alpha value is -2.17. The third-order valence-corrected chi connectivity index (χ3v) is 3.27. The molecule has 0 bridgehead atoms. The van der Waals surface area contributed by atoms with Crippen LogP contribution in [0.25, 0.3) is 11.5 Å². The quantitative estimate of drug-likeness (QED) is 0.898. The Labute approximate surface area is 103 Å². The van der Waals surface area contributed by atoms with Crippen molar-refractivity contribution in [2.45, 2.75) is 25.2 Å². The van der Waals surface area contributed by atoms with Crippen molar-refractivity contribution in [2.24, 2.45) is 0 Å². The second-order valence-electron chi connectivity index (χ2n) is 4.46. The highest BCUT2D eigenvalue weighted by Crippen LogP contribution is 2.36. The lowest BCUT2D eigenvalue weighted by molar-refractivity contribution is 0.0697. The first kappa shape index (κ1) is 11.0. The standard InChI is InChI=1S/C13H12N2O3/c16-13(17)10-6-4-9(5-7-10)12-15-14-11(18-12)8-2-1-3-8/h4-8H,1-3H2,(H,16,17). The molecule has 1 aliphatic carbocycles. The fraction of sp³-hybridized carbons (Fsp3) is 0.308. The smallest absolute Gasteiger partial charge is 0.335 e. The Morgan fingerprint density at radius 2 is 1.94 bits per heavy atom. The molecule has 0 amide bonds. The molecule has 1 aromatic carbocycles. The van der Waals surface area contributed by atoms with Gasteiger partial charge in [-0.1, -0.05) is 6.42 Å². The van der Waals surface area contributed by atoms with Gasteiger partial charge in [0.2, 0.25) is 11.8 Å². The lowest BCUT2D eigenvalue weighted by atomic mass is 9.85. The molecule has 1 aromatic heterocycles. The molecule has 3 rings (SSSR count). The summed E-state index contributed by atoms with van der Waals surface area (Å²) in [4.78, 5) is 10.7. The van der Waals surface area contributed by atoms with Crippen molar-refractivity contribution in [1.82, 2.24) is 10.2 Å². The van der Waals surface area contributed by atoms with Gasteiger partial charge in [-0.15, -0.1) is 10.2 Å². The lowest BCUT2D eigenvalue weighted by Crippen LogP contribution is -2.08. The summed E-state index contributed by atoms with van der Waals surface area (Å²) in [7, 11) is 0. The maximum absolute atomic E-state index is 10.7. The first-order valence-corrected chi connectivity index (χ1v) is 5.91. The fourth-order valence-corrected chi connectivity index (χ4v) is 1.93. The molecular formula is C13H12N2O3. The van der Waals surface area contributed by atoms with Crippen LogP contribution in [-0.4, -0.2) is 21.3 Å². The van der Waals surface area contributed by atoms with E-state index >= 15 is 0 Å². The Bertz CT molecular complexity index is 570. The topological polar surface area (TPSA) is 76.2 Å². The molecule has 1 aliphatic rings. The Morgan fingerprint density at radius 1 is 1.22 bits per heavy atom. The molecule has 0 unspecified atom stereocenters. The normalized spacial score (nSPS) is 15.3. The first-order chi connectivity index (χ1) is 8.74. The van der Waals surface area contributed by atoms with Gasteiger partial charge in [-0.05, 0) is 37.1 Å². The molecular weight excluding hydrogens is 232 g/mol.